The molecule has 11 N–H and O–H groups in total. The quantitative estimate of drug-likeness (QED) is 0.104. The molecule has 0 aliphatic heterocycles. The van der Waals surface area contributed by atoms with E-state index in [4.69, 9.17) is 16.6 Å². The number of aromatic hydroxyl groups is 1. The topological polar surface area (TPSA) is 271 Å². The first-order valence-electron chi connectivity index (χ1n) is 11.6. The molecular weight excluding hydrogens is 506 g/mol. The lowest BCUT2D eigenvalue weighted by Crippen LogP contribution is -2.58. The molecule has 0 spiro atoms. The maximum atomic E-state index is 13.2. The fourth-order valence-corrected chi connectivity index (χ4v) is 3.24. The second-order valence-corrected chi connectivity index (χ2v) is 8.60. The van der Waals surface area contributed by atoms with Crippen LogP contribution in [0.1, 0.15) is 38.2 Å². The van der Waals surface area contributed by atoms with Gasteiger partial charge in [-0.15, -0.1) is 0 Å². The van der Waals surface area contributed by atoms with Gasteiger partial charge in [0.1, 0.15) is 17.8 Å². The molecule has 4 amide bonds. The zero-order valence-corrected chi connectivity index (χ0v) is 20.6. The van der Waals surface area contributed by atoms with Gasteiger partial charge in [-0.3, -0.25) is 24.0 Å². The molecule has 0 aliphatic carbocycles. The Bertz CT molecular complexity index is 1010. The van der Waals surface area contributed by atoms with Crippen molar-refractivity contribution in [1.82, 2.24) is 16.0 Å². The first-order chi connectivity index (χ1) is 17.7. The molecule has 1 aromatic carbocycles. The molecule has 5 unspecified atom stereocenters. The summed E-state index contributed by atoms with van der Waals surface area (Å²) in [5, 5.41) is 44.2. The first kappa shape index (κ1) is 31.8. The van der Waals surface area contributed by atoms with Crippen molar-refractivity contribution in [1.29, 1.82) is 0 Å². The predicted octanol–water partition coefficient (Wildman–Crippen LogP) is -2.69. The van der Waals surface area contributed by atoms with Crippen LogP contribution >= 0.6 is 0 Å². The SMILES string of the molecule is CC(O)C(NC(=O)C(CCC(=O)O)NC(=O)C(Cc1ccc(O)cc1)NC(=O)C(N)CCC(N)=O)C(=O)O. The Morgan fingerprint density at radius 3 is 1.89 bits per heavy atom. The summed E-state index contributed by atoms with van der Waals surface area (Å²) >= 11 is 0. The second-order valence-electron chi connectivity index (χ2n) is 8.60. The average molecular weight is 540 g/mol. The Kier molecular flexibility index (Phi) is 12.6. The summed E-state index contributed by atoms with van der Waals surface area (Å²) in [6.07, 6.45) is -2.94. The van der Waals surface area contributed by atoms with Crippen molar-refractivity contribution in [2.45, 2.75) is 69.3 Å². The Balaban J connectivity index is 3.16. The van der Waals surface area contributed by atoms with Crippen LogP contribution in [-0.4, -0.2) is 86.3 Å². The van der Waals surface area contributed by atoms with Crippen molar-refractivity contribution >= 4 is 35.6 Å². The number of benzene rings is 1. The number of rotatable bonds is 16. The zero-order valence-electron chi connectivity index (χ0n) is 20.6. The predicted molar refractivity (Wildman–Crippen MR) is 130 cm³/mol. The summed E-state index contributed by atoms with van der Waals surface area (Å²) in [5.74, 6) is -6.39. The summed E-state index contributed by atoms with van der Waals surface area (Å²) in [4.78, 5) is 71.9. The molecule has 0 bridgehead atoms. The van der Waals surface area contributed by atoms with E-state index < -0.39 is 78.7 Å². The van der Waals surface area contributed by atoms with Crippen molar-refractivity contribution in [3.63, 3.8) is 0 Å². The van der Waals surface area contributed by atoms with Gasteiger partial charge in [-0.05, 0) is 37.5 Å². The van der Waals surface area contributed by atoms with Crippen molar-refractivity contribution in [3.05, 3.63) is 29.8 Å². The number of amides is 4. The lowest BCUT2D eigenvalue weighted by atomic mass is 10.0. The number of carbonyl (C=O) groups excluding carboxylic acids is 4. The van der Waals surface area contributed by atoms with Gasteiger partial charge in [0.05, 0.1) is 12.1 Å². The van der Waals surface area contributed by atoms with Crippen LogP contribution in [0.25, 0.3) is 0 Å². The minimum Gasteiger partial charge on any atom is -0.508 e. The number of phenols is 1. The molecule has 0 aromatic heterocycles. The summed E-state index contributed by atoms with van der Waals surface area (Å²) in [7, 11) is 0. The van der Waals surface area contributed by atoms with Crippen LogP contribution < -0.4 is 27.4 Å². The van der Waals surface area contributed by atoms with Crippen molar-refractivity contribution in [3.8, 4) is 5.75 Å². The van der Waals surface area contributed by atoms with E-state index in [1.807, 2.05) is 0 Å². The number of carboxylic acid groups (broad SMARTS) is 2. The minimum absolute atomic E-state index is 0.0521. The normalized spacial score (nSPS) is 14.7. The van der Waals surface area contributed by atoms with Gasteiger partial charge in [0.2, 0.25) is 23.6 Å². The smallest absolute Gasteiger partial charge is 0.328 e. The average Bonchev–Trinajstić information content (AvgIpc) is 2.83. The third-order valence-corrected chi connectivity index (χ3v) is 5.37. The van der Waals surface area contributed by atoms with E-state index in [9.17, 15) is 44.1 Å². The van der Waals surface area contributed by atoms with Crippen LogP contribution in [0.5, 0.6) is 5.75 Å². The van der Waals surface area contributed by atoms with E-state index in [-0.39, 0.29) is 25.0 Å². The number of aliphatic hydroxyl groups is 1. The Labute approximate surface area is 217 Å². The van der Waals surface area contributed by atoms with E-state index in [2.05, 4.69) is 16.0 Å². The van der Waals surface area contributed by atoms with Crippen LogP contribution in [0, 0.1) is 0 Å². The van der Waals surface area contributed by atoms with Gasteiger partial charge in [-0.2, -0.15) is 0 Å². The molecule has 0 radical (unpaired) electrons. The number of nitrogens with two attached hydrogens (primary N) is 2. The molecular formula is C23H33N5O10. The van der Waals surface area contributed by atoms with Crippen molar-refractivity contribution in [2.24, 2.45) is 11.5 Å². The Morgan fingerprint density at radius 2 is 1.39 bits per heavy atom. The maximum Gasteiger partial charge on any atom is 0.328 e. The first-order valence-corrected chi connectivity index (χ1v) is 11.6. The fraction of sp³-hybridized carbons (Fsp3) is 0.478. The summed E-state index contributed by atoms with van der Waals surface area (Å²) in [5.41, 5.74) is 11.3. The molecule has 0 saturated carbocycles. The highest BCUT2D eigenvalue weighted by molar-refractivity contribution is 5.94. The summed E-state index contributed by atoms with van der Waals surface area (Å²) in [6, 6.07) is -0.187. The molecule has 15 heteroatoms. The van der Waals surface area contributed by atoms with E-state index in [1.54, 1.807) is 0 Å². The molecule has 0 aliphatic rings. The molecule has 1 rings (SSSR count). The monoisotopic (exact) mass is 539 g/mol. The molecule has 38 heavy (non-hydrogen) atoms. The number of carbonyl (C=O) groups is 6. The summed E-state index contributed by atoms with van der Waals surface area (Å²) in [6.45, 7) is 1.12. The number of nitrogens with one attached hydrogen (secondary N) is 3. The number of phenolic OH excluding ortho intramolecular Hbond substituents is 1. The van der Waals surface area contributed by atoms with Gasteiger partial charge in [-0.1, -0.05) is 12.1 Å². The Hall–Kier alpha value is -4.24. The highest BCUT2D eigenvalue weighted by Gasteiger charge is 2.32. The molecule has 210 valence electrons. The van der Waals surface area contributed by atoms with E-state index in [1.165, 1.54) is 24.3 Å². The molecule has 5 atom stereocenters. The molecule has 1 aromatic rings. The number of aliphatic hydroxyl groups excluding tert-OH is 1. The van der Waals surface area contributed by atoms with Gasteiger partial charge in [0.25, 0.3) is 0 Å². The van der Waals surface area contributed by atoms with E-state index >= 15 is 0 Å². The van der Waals surface area contributed by atoms with Gasteiger partial charge >= 0.3 is 11.9 Å². The maximum absolute atomic E-state index is 13.2. The second kappa shape index (κ2) is 15.1. The van der Waals surface area contributed by atoms with Gasteiger partial charge in [0, 0.05) is 19.3 Å². The molecule has 0 saturated heterocycles. The highest BCUT2D eigenvalue weighted by atomic mass is 16.4. The zero-order chi connectivity index (χ0) is 29.0. The minimum atomic E-state index is -1.73. The van der Waals surface area contributed by atoms with E-state index in [0.29, 0.717) is 5.56 Å². The van der Waals surface area contributed by atoms with Crippen molar-refractivity contribution in [2.75, 3.05) is 0 Å². The Morgan fingerprint density at radius 1 is 0.842 bits per heavy atom. The third kappa shape index (κ3) is 11.2. The number of aliphatic carboxylic acids is 2. The molecule has 15 nitrogen and oxygen atoms in total. The number of primary amides is 1. The number of hydrogen-bond donors (Lipinski definition) is 9. The third-order valence-electron chi connectivity index (χ3n) is 5.37. The largest absolute Gasteiger partial charge is 0.508 e. The molecule has 0 fully saturated rings. The number of hydrogen-bond acceptors (Lipinski definition) is 9. The standard InChI is InChI=1S/C23H33N5O10/c1-11(29)19(23(37)38)28-21(35)15(7-9-18(32)33)26-22(36)16(10-12-2-4-13(30)5-3-12)27-20(34)14(24)6-8-17(25)31/h2-5,11,14-16,19,29-30H,6-10,24H2,1H3,(H2,25,31)(H,26,36)(H,27,34)(H,28,35)(H,32,33)(H,37,38). The number of carboxylic acids is 2. The van der Waals surface area contributed by atoms with E-state index in [0.717, 1.165) is 6.92 Å². The van der Waals surface area contributed by atoms with Gasteiger partial charge in [0.15, 0.2) is 6.04 Å². The van der Waals surface area contributed by atoms with Gasteiger partial charge in [-0.25, -0.2) is 4.79 Å². The molecule has 0 heterocycles. The van der Waals surface area contributed by atoms with Gasteiger partial charge < -0.3 is 47.8 Å². The van der Waals surface area contributed by atoms with Crippen LogP contribution in [-0.2, 0) is 35.2 Å². The van der Waals surface area contributed by atoms with Crippen molar-refractivity contribution < 1.29 is 49.2 Å². The van der Waals surface area contributed by atoms with Crippen LogP contribution in [0.2, 0.25) is 0 Å². The lowest BCUT2D eigenvalue weighted by molar-refractivity contribution is -0.145. The van der Waals surface area contributed by atoms with Crippen LogP contribution in [0.15, 0.2) is 24.3 Å². The summed E-state index contributed by atoms with van der Waals surface area (Å²) < 4.78 is 0. The van der Waals surface area contributed by atoms with Crippen LogP contribution in [0.4, 0.5) is 0 Å². The lowest BCUT2D eigenvalue weighted by Gasteiger charge is -2.25. The van der Waals surface area contributed by atoms with Crippen LogP contribution in [0.3, 0.4) is 0 Å². The fourth-order valence-electron chi connectivity index (χ4n) is 3.24. The highest BCUT2D eigenvalue weighted by Crippen LogP contribution is 2.12.